The number of carboxylic acid groups (broad SMARTS) is 1. The second kappa shape index (κ2) is 5.81. The Hall–Kier alpha value is -1.93. The second-order valence-corrected chi connectivity index (χ2v) is 4.31. The molecule has 2 heterocycles. The third kappa shape index (κ3) is 3.76. The molecule has 19 heavy (non-hydrogen) atoms. The highest BCUT2D eigenvalue weighted by atomic mass is 16.5. The number of carboxylic acids is 1. The Bertz CT molecular complexity index is 473. The van der Waals surface area contributed by atoms with Gasteiger partial charge in [-0.25, -0.2) is 4.79 Å². The van der Waals surface area contributed by atoms with Gasteiger partial charge in [0, 0.05) is 19.2 Å². The van der Waals surface area contributed by atoms with E-state index in [2.05, 4.69) is 10.5 Å². The maximum atomic E-state index is 11.7. The number of aliphatic carboxylic acids is 1. The molecular formula is C11H15N3O5. The number of anilines is 1. The van der Waals surface area contributed by atoms with Gasteiger partial charge >= 0.3 is 5.97 Å². The summed E-state index contributed by atoms with van der Waals surface area (Å²) in [5, 5.41) is 15.1. The Kier molecular flexibility index (Phi) is 4.13. The van der Waals surface area contributed by atoms with Gasteiger partial charge in [0.1, 0.15) is 0 Å². The lowest BCUT2D eigenvalue weighted by atomic mass is 10.2. The first-order valence-corrected chi connectivity index (χ1v) is 5.84. The summed E-state index contributed by atoms with van der Waals surface area (Å²) >= 11 is 0. The van der Waals surface area contributed by atoms with Crippen molar-refractivity contribution in [1.82, 2.24) is 10.1 Å². The molecule has 1 unspecified atom stereocenters. The van der Waals surface area contributed by atoms with Crippen molar-refractivity contribution in [2.45, 2.75) is 13.0 Å². The number of hydrogen-bond acceptors (Lipinski definition) is 6. The number of nitrogens with one attached hydrogen (secondary N) is 1. The number of aromatic nitrogens is 1. The summed E-state index contributed by atoms with van der Waals surface area (Å²) in [7, 11) is 0. The van der Waals surface area contributed by atoms with Crippen LogP contribution in [-0.4, -0.2) is 59.4 Å². The third-order valence-electron chi connectivity index (χ3n) is 2.68. The van der Waals surface area contributed by atoms with Crippen molar-refractivity contribution < 1.29 is 24.0 Å². The number of morpholine rings is 1. The van der Waals surface area contributed by atoms with Crippen LogP contribution in [0.3, 0.4) is 0 Å². The number of rotatable bonds is 4. The van der Waals surface area contributed by atoms with Crippen LogP contribution in [0.2, 0.25) is 0 Å². The zero-order chi connectivity index (χ0) is 13.8. The molecule has 8 heteroatoms. The average Bonchev–Trinajstić information content (AvgIpc) is 2.74. The van der Waals surface area contributed by atoms with Crippen molar-refractivity contribution in [3.8, 4) is 0 Å². The molecule has 1 saturated heterocycles. The Morgan fingerprint density at radius 2 is 2.42 bits per heavy atom. The lowest BCUT2D eigenvalue weighted by Gasteiger charge is -2.29. The smallest absolute Gasteiger partial charge is 0.334 e. The average molecular weight is 269 g/mol. The number of hydrogen-bond donors (Lipinski definition) is 2. The van der Waals surface area contributed by atoms with Crippen LogP contribution in [0.4, 0.5) is 5.88 Å². The van der Waals surface area contributed by atoms with E-state index < -0.39 is 12.1 Å². The molecule has 0 bridgehead atoms. The first-order chi connectivity index (χ1) is 9.04. The van der Waals surface area contributed by atoms with Gasteiger partial charge in [0.2, 0.25) is 11.8 Å². The fourth-order valence-corrected chi connectivity index (χ4v) is 1.80. The van der Waals surface area contributed by atoms with Crippen LogP contribution in [0.15, 0.2) is 10.6 Å². The van der Waals surface area contributed by atoms with E-state index >= 15 is 0 Å². The number of nitrogens with zero attached hydrogens (tertiary/aromatic N) is 2. The maximum Gasteiger partial charge on any atom is 0.334 e. The molecule has 2 N–H and O–H groups in total. The van der Waals surface area contributed by atoms with Crippen molar-refractivity contribution in [2.75, 3.05) is 31.6 Å². The molecule has 0 spiro atoms. The van der Waals surface area contributed by atoms with Crippen molar-refractivity contribution >= 4 is 17.8 Å². The molecule has 8 nitrogen and oxygen atoms in total. The molecule has 1 amide bonds. The Morgan fingerprint density at radius 3 is 3.05 bits per heavy atom. The molecule has 1 aromatic rings. The summed E-state index contributed by atoms with van der Waals surface area (Å²) in [6.07, 6.45) is -0.880. The van der Waals surface area contributed by atoms with Gasteiger partial charge in [0.15, 0.2) is 6.10 Å². The minimum absolute atomic E-state index is 0.0902. The van der Waals surface area contributed by atoms with Gasteiger partial charge in [-0.1, -0.05) is 5.16 Å². The summed E-state index contributed by atoms with van der Waals surface area (Å²) in [4.78, 5) is 24.3. The van der Waals surface area contributed by atoms with Crippen LogP contribution < -0.4 is 5.32 Å². The van der Waals surface area contributed by atoms with E-state index in [0.717, 1.165) is 0 Å². The van der Waals surface area contributed by atoms with E-state index in [1.807, 2.05) is 0 Å². The predicted molar refractivity (Wildman–Crippen MR) is 63.7 cm³/mol. The van der Waals surface area contributed by atoms with Crippen molar-refractivity contribution in [2.24, 2.45) is 0 Å². The molecule has 0 saturated carbocycles. The first kappa shape index (κ1) is 13.5. The highest BCUT2D eigenvalue weighted by Gasteiger charge is 2.27. The van der Waals surface area contributed by atoms with E-state index in [0.29, 0.717) is 18.8 Å². The third-order valence-corrected chi connectivity index (χ3v) is 2.68. The first-order valence-electron chi connectivity index (χ1n) is 5.84. The fourth-order valence-electron chi connectivity index (χ4n) is 1.80. The van der Waals surface area contributed by atoms with E-state index in [-0.39, 0.29) is 24.9 Å². The summed E-state index contributed by atoms with van der Waals surface area (Å²) in [6.45, 7) is 2.85. The minimum atomic E-state index is -1.02. The molecule has 104 valence electrons. The van der Waals surface area contributed by atoms with Crippen molar-refractivity contribution in [3.63, 3.8) is 0 Å². The lowest BCUT2D eigenvalue weighted by Crippen LogP contribution is -2.48. The number of carbonyl (C=O) groups is 2. The molecule has 1 aromatic heterocycles. The number of aryl methyl sites for hydroxylation is 1. The Balaban J connectivity index is 1.83. The molecule has 0 aromatic carbocycles. The fraction of sp³-hybridized carbons (Fsp3) is 0.545. The van der Waals surface area contributed by atoms with Crippen LogP contribution >= 0.6 is 0 Å². The molecule has 2 rings (SSSR count). The predicted octanol–water partition coefficient (Wildman–Crippen LogP) is -0.293. The van der Waals surface area contributed by atoms with Crippen LogP contribution in [0.5, 0.6) is 0 Å². The normalized spacial score (nSPS) is 20.2. The monoisotopic (exact) mass is 269 g/mol. The molecule has 1 aliphatic heterocycles. The number of carbonyl (C=O) groups excluding carboxylic acids is 1. The van der Waals surface area contributed by atoms with Gasteiger partial charge < -0.3 is 14.4 Å². The molecule has 0 aliphatic carbocycles. The number of ether oxygens (including phenoxy) is 1. The van der Waals surface area contributed by atoms with Crippen LogP contribution in [0, 0.1) is 6.92 Å². The molecular weight excluding hydrogens is 254 g/mol. The topological polar surface area (TPSA) is 105 Å². The standard InChI is InChI=1S/C11H15N3O5/c1-7-4-10(19-13-7)12-9(15)6-14-2-3-18-8(5-14)11(16)17/h4,8H,2-3,5-6H2,1H3,(H,12,15)(H,16,17). The van der Waals surface area contributed by atoms with E-state index in [9.17, 15) is 9.59 Å². The molecule has 1 aliphatic rings. The summed E-state index contributed by atoms with van der Waals surface area (Å²) < 4.78 is 9.94. The van der Waals surface area contributed by atoms with Gasteiger partial charge in [-0.15, -0.1) is 0 Å². The SMILES string of the molecule is Cc1cc(NC(=O)CN2CCOC(C(=O)O)C2)on1. The Labute approximate surface area is 109 Å². The van der Waals surface area contributed by atoms with E-state index in [4.69, 9.17) is 14.4 Å². The van der Waals surface area contributed by atoms with Crippen LogP contribution in [-0.2, 0) is 14.3 Å². The maximum absolute atomic E-state index is 11.7. The van der Waals surface area contributed by atoms with Gasteiger partial charge in [-0.2, -0.15) is 0 Å². The van der Waals surface area contributed by atoms with Gasteiger partial charge in [-0.3, -0.25) is 15.0 Å². The number of amides is 1. The lowest BCUT2D eigenvalue weighted by molar-refractivity contribution is -0.156. The molecule has 1 fully saturated rings. The largest absolute Gasteiger partial charge is 0.479 e. The zero-order valence-electron chi connectivity index (χ0n) is 10.5. The summed E-state index contributed by atoms with van der Waals surface area (Å²) in [6, 6.07) is 1.61. The summed E-state index contributed by atoms with van der Waals surface area (Å²) in [5.41, 5.74) is 0.674. The van der Waals surface area contributed by atoms with Crippen molar-refractivity contribution in [1.29, 1.82) is 0 Å². The molecule has 1 atom stereocenters. The van der Waals surface area contributed by atoms with Gasteiger partial charge in [0.25, 0.3) is 0 Å². The van der Waals surface area contributed by atoms with Crippen LogP contribution in [0.25, 0.3) is 0 Å². The quantitative estimate of drug-likeness (QED) is 0.773. The highest BCUT2D eigenvalue weighted by molar-refractivity contribution is 5.91. The van der Waals surface area contributed by atoms with Gasteiger partial charge in [-0.05, 0) is 6.92 Å². The summed E-state index contributed by atoms with van der Waals surface area (Å²) in [5.74, 6) is -1.01. The molecule has 0 radical (unpaired) electrons. The van der Waals surface area contributed by atoms with E-state index in [1.165, 1.54) is 0 Å². The Morgan fingerprint density at radius 1 is 1.63 bits per heavy atom. The minimum Gasteiger partial charge on any atom is -0.479 e. The van der Waals surface area contributed by atoms with E-state index in [1.54, 1.807) is 17.9 Å². The second-order valence-electron chi connectivity index (χ2n) is 4.31. The van der Waals surface area contributed by atoms with Crippen molar-refractivity contribution in [3.05, 3.63) is 11.8 Å². The zero-order valence-corrected chi connectivity index (χ0v) is 10.5. The van der Waals surface area contributed by atoms with Crippen LogP contribution in [0.1, 0.15) is 5.69 Å². The highest BCUT2D eigenvalue weighted by Crippen LogP contribution is 2.09. The van der Waals surface area contributed by atoms with Gasteiger partial charge in [0.05, 0.1) is 18.8 Å².